The second-order valence-corrected chi connectivity index (χ2v) is 4.94. The van der Waals surface area contributed by atoms with Crippen molar-refractivity contribution in [2.45, 2.75) is 31.3 Å². The molecule has 0 saturated carbocycles. The van der Waals surface area contributed by atoms with Crippen LogP contribution in [0.2, 0.25) is 0 Å². The summed E-state index contributed by atoms with van der Waals surface area (Å²) in [7, 11) is -3.59. The van der Waals surface area contributed by atoms with Gasteiger partial charge in [0.05, 0.1) is 12.8 Å². The summed E-state index contributed by atoms with van der Waals surface area (Å²) in [5, 5.41) is 8.77. The van der Waals surface area contributed by atoms with Gasteiger partial charge in [-0.25, -0.2) is 18.1 Å². The number of aromatic nitrogens is 2. The zero-order valence-electron chi connectivity index (χ0n) is 8.69. The monoisotopic (exact) mass is 233 g/mol. The Hall–Kier alpha value is -0.920. The number of H-pyrrole nitrogens is 1. The lowest BCUT2D eigenvalue weighted by atomic mass is 10.4. The molecule has 0 fully saturated rings. The van der Waals surface area contributed by atoms with Crippen molar-refractivity contribution in [3.05, 3.63) is 12.0 Å². The molecule has 0 bridgehead atoms. The highest BCUT2D eigenvalue weighted by molar-refractivity contribution is 7.89. The van der Waals surface area contributed by atoms with Crippen molar-refractivity contribution >= 4 is 10.0 Å². The third-order valence-corrected chi connectivity index (χ3v) is 3.36. The lowest BCUT2D eigenvalue weighted by Crippen LogP contribution is -2.35. The molecule has 1 aromatic heterocycles. The molecule has 0 aromatic carbocycles. The number of aryl methyl sites for hydroxylation is 1. The van der Waals surface area contributed by atoms with Gasteiger partial charge in [-0.1, -0.05) is 6.92 Å². The third-order valence-electron chi connectivity index (χ3n) is 1.86. The SMILES string of the molecule is CCc1ncc(S(=O)(=O)N[C@@H](C)CO)[nH]1. The van der Waals surface area contributed by atoms with E-state index in [0.717, 1.165) is 0 Å². The van der Waals surface area contributed by atoms with Crippen molar-refractivity contribution in [3.63, 3.8) is 0 Å². The van der Waals surface area contributed by atoms with Gasteiger partial charge in [0.1, 0.15) is 5.82 Å². The number of hydrogen-bond acceptors (Lipinski definition) is 4. The van der Waals surface area contributed by atoms with E-state index in [1.54, 1.807) is 6.92 Å². The van der Waals surface area contributed by atoms with Gasteiger partial charge in [0.15, 0.2) is 5.03 Å². The van der Waals surface area contributed by atoms with Crippen LogP contribution in [0.1, 0.15) is 19.7 Å². The van der Waals surface area contributed by atoms with Crippen molar-refractivity contribution in [3.8, 4) is 0 Å². The number of sulfonamides is 1. The summed E-state index contributed by atoms with van der Waals surface area (Å²) in [6.45, 7) is 3.21. The molecule has 6 nitrogen and oxygen atoms in total. The van der Waals surface area contributed by atoms with E-state index < -0.39 is 16.1 Å². The number of aliphatic hydroxyl groups is 1. The first-order valence-corrected chi connectivity index (χ1v) is 6.15. The van der Waals surface area contributed by atoms with Gasteiger partial charge in [-0.3, -0.25) is 0 Å². The van der Waals surface area contributed by atoms with Crippen LogP contribution in [0.25, 0.3) is 0 Å². The van der Waals surface area contributed by atoms with Gasteiger partial charge in [-0.05, 0) is 6.92 Å². The van der Waals surface area contributed by atoms with Crippen molar-refractivity contribution in [1.29, 1.82) is 0 Å². The number of aromatic amines is 1. The molecule has 0 amide bonds. The molecule has 1 rings (SSSR count). The van der Waals surface area contributed by atoms with Crippen molar-refractivity contribution in [2.75, 3.05) is 6.61 Å². The Balaban J connectivity index is 2.86. The van der Waals surface area contributed by atoms with Crippen LogP contribution in [-0.4, -0.2) is 36.1 Å². The Bertz CT molecular complexity index is 413. The standard InChI is InChI=1S/C8H15N3O3S/c1-3-7-9-4-8(10-7)15(13,14)11-6(2)5-12/h4,6,11-12H,3,5H2,1-2H3,(H,9,10)/t6-/m0/s1. The zero-order valence-corrected chi connectivity index (χ0v) is 9.50. The molecule has 1 heterocycles. The van der Waals surface area contributed by atoms with Gasteiger partial charge in [-0.15, -0.1) is 0 Å². The van der Waals surface area contributed by atoms with Crippen LogP contribution in [0.5, 0.6) is 0 Å². The highest BCUT2D eigenvalue weighted by Gasteiger charge is 2.18. The fourth-order valence-electron chi connectivity index (χ4n) is 1.03. The van der Waals surface area contributed by atoms with Gasteiger partial charge < -0.3 is 10.1 Å². The minimum Gasteiger partial charge on any atom is -0.395 e. The average Bonchev–Trinajstić information content (AvgIpc) is 2.65. The van der Waals surface area contributed by atoms with Crippen LogP contribution >= 0.6 is 0 Å². The van der Waals surface area contributed by atoms with E-state index in [9.17, 15) is 8.42 Å². The first-order chi connectivity index (χ1) is 6.99. The summed E-state index contributed by atoms with van der Waals surface area (Å²) in [5.41, 5.74) is 0. The molecule has 0 aliphatic carbocycles. The second kappa shape index (κ2) is 4.73. The summed E-state index contributed by atoms with van der Waals surface area (Å²) < 4.78 is 25.6. The minimum absolute atomic E-state index is 0.0275. The largest absolute Gasteiger partial charge is 0.395 e. The Morgan fingerprint density at radius 1 is 1.67 bits per heavy atom. The van der Waals surface area contributed by atoms with E-state index in [0.29, 0.717) is 12.2 Å². The fourth-order valence-corrected chi connectivity index (χ4v) is 2.20. The van der Waals surface area contributed by atoms with Gasteiger partial charge in [-0.2, -0.15) is 0 Å². The molecule has 15 heavy (non-hydrogen) atoms. The van der Waals surface area contributed by atoms with Gasteiger partial charge in [0, 0.05) is 12.5 Å². The summed E-state index contributed by atoms with van der Waals surface area (Å²) in [6, 6.07) is -0.511. The fraction of sp³-hybridized carbons (Fsp3) is 0.625. The Kier molecular flexibility index (Phi) is 3.83. The van der Waals surface area contributed by atoms with Crippen LogP contribution in [0.3, 0.4) is 0 Å². The molecule has 0 unspecified atom stereocenters. The third kappa shape index (κ3) is 3.01. The normalized spacial score (nSPS) is 14.1. The van der Waals surface area contributed by atoms with Crippen molar-refractivity contribution in [2.24, 2.45) is 0 Å². The van der Waals surface area contributed by atoms with Crippen LogP contribution in [-0.2, 0) is 16.4 Å². The van der Waals surface area contributed by atoms with E-state index in [1.165, 1.54) is 6.20 Å². The molecule has 1 aromatic rings. The van der Waals surface area contributed by atoms with Crippen molar-refractivity contribution in [1.82, 2.24) is 14.7 Å². The van der Waals surface area contributed by atoms with Crippen molar-refractivity contribution < 1.29 is 13.5 Å². The molecule has 7 heteroatoms. The van der Waals surface area contributed by atoms with E-state index in [2.05, 4.69) is 14.7 Å². The van der Waals surface area contributed by atoms with Crippen LogP contribution in [0.15, 0.2) is 11.2 Å². The summed E-state index contributed by atoms with van der Waals surface area (Å²) in [5.74, 6) is 0.618. The Morgan fingerprint density at radius 2 is 2.33 bits per heavy atom. The number of nitrogens with zero attached hydrogens (tertiary/aromatic N) is 1. The minimum atomic E-state index is -3.59. The molecule has 0 saturated heterocycles. The molecule has 86 valence electrons. The number of aliphatic hydroxyl groups excluding tert-OH is 1. The lowest BCUT2D eigenvalue weighted by molar-refractivity contribution is 0.265. The summed E-state index contributed by atoms with van der Waals surface area (Å²) in [6.07, 6.45) is 1.91. The number of rotatable bonds is 5. The molecule has 3 N–H and O–H groups in total. The highest BCUT2D eigenvalue weighted by Crippen LogP contribution is 2.06. The molecule has 1 atom stereocenters. The molecule has 0 aliphatic rings. The average molecular weight is 233 g/mol. The predicted molar refractivity (Wildman–Crippen MR) is 54.8 cm³/mol. The lowest BCUT2D eigenvalue weighted by Gasteiger charge is -2.09. The van der Waals surface area contributed by atoms with Gasteiger partial charge >= 0.3 is 0 Å². The first kappa shape index (κ1) is 12.2. The molecule has 0 aliphatic heterocycles. The maximum absolute atomic E-state index is 11.6. The van der Waals surface area contributed by atoms with Crippen LogP contribution in [0.4, 0.5) is 0 Å². The maximum atomic E-state index is 11.6. The van der Waals surface area contributed by atoms with Gasteiger partial charge in [0.2, 0.25) is 0 Å². The summed E-state index contributed by atoms with van der Waals surface area (Å²) >= 11 is 0. The maximum Gasteiger partial charge on any atom is 0.257 e. The van der Waals surface area contributed by atoms with E-state index in [4.69, 9.17) is 5.11 Å². The van der Waals surface area contributed by atoms with Crippen LogP contribution < -0.4 is 4.72 Å². The Labute approximate surface area is 88.8 Å². The van der Waals surface area contributed by atoms with Gasteiger partial charge in [0.25, 0.3) is 10.0 Å². The molecule has 0 spiro atoms. The van der Waals surface area contributed by atoms with E-state index in [-0.39, 0.29) is 11.6 Å². The molecular formula is C8H15N3O3S. The smallest absolute Gasteiger partial charge is 0.257 e. The number of nitrogens with one attached hydrogen (secondary N) is 2. The van der Waals surface area contributed by atoms with E-state index >= 15 is 0 Å². The second-order valence-electron chi connectivity index (χ2n) is 3.25. The predicted octanol–water partition coefficient (Wildman–Crippen LogP) is -0.369. The Morgan fingerprint density at radius 3 is 2.80 bits per heavy atom. The highest BCUT2D eigenvalue weighted by atomic mass is 32.2. The topological polar surface area (TPSA) is 95.1 Å². The first-order valence-electron chi connectivity index (χ1n) is 4.66. The molecule has 0 radical (unpaired) electrons. The van der Waals surface area contributed by atoms with E-state index in [1.807, 2.05) is 6.92 Å². The quantitative estimate of drug-likeness (QED) is 0.646. The summed E-state index contributed by atoms with van der Waals surface area (Å²) in [4.78, 5) is 6.59. The number of hydrogen-bond donors (Lipinski definition) is 3. The molecular weight excluding hydrogens is 218 g/mol. The number of imidazole rings is 1. The van der Waals surface area contributed by atoms with Crippen LogP contribution in [0, 0.1) is 0 Å². The zero-order chi connectivity index (χ0) is 11.5.